The summed E-state index contributed by atoms with van der Waals surface area (Å²) in [4.78, 5) is 4.28. The van der Waals surface area contributed by atoms with Gasteiger partial charge in [0.05, 0.1) is 13.7 Å². The Bertz CT molecular complexity index is 597. The van der Waals surface area contributed by atoms with Crippen molar-refractivity contribution in [3.63, 3.8) is 0 Å². The molecule has 0 spiro atoms. The molecular formula is C17H21N3O2. The molecule has 2 aromatic rings. The topological polar surface area (TPSA) is 68.9 Å². The lowest BCUT2D eigenvalue weighted by atomic mass is 10.3. The number of hydrogen-bond donors (Lipinski definition) is 2. The van der Waals surface area contributed by atoms with E-state index in [0.717, 1.165) is 17.2 Å². The lowest BCUT2D eigenvalue weighted by Crippen LogP contribution is -2.25. The summed E-state index contributed by atoms with van der Waals surface area (Å²) in [6.07, 6.45) is -0.0791. The summed E-state index contributed by atoms with van der Waals surface area (Å²) in [5.74, 6) is 1.95. The summed E-state index contributed by atoms with van der Waals surface area (Å²) in [6.45, 7) is 2.42. The number of nitrogens with one attached hydrogen (secondary N) is 1. The maximum absolute atomic E-state index is 5.85. The molecule has 0 amide bonds. The number of rotatable bonds is 6. The van der Waals surface area contributed by atoms with Crippen molar-refractivity contribution in [3.8, 4) is 11.5 Å². The molecule has 0 bridgehead atoms. The Labute approximate surface area is 130 Å². The first-order valence-electron chi connectivity index (χ1n) is 7.10. The minimum atomic E-state index is -0.0791. The number of methoxy groups -OCH3 is 1. The number of para-hydroxylation sites is 1. The number of ether oxygens (including phenoxy) is 2. The fourth-order valence-corrected chi connectivity index (χ4v) is 1.86. The van der Waals surface area contributed by atoms with Crippen LogP contribution in [0.1, 0.15) is 6.92 Å². The normalized spacial score (nSPS) is 12.5. The summed E-state index contributed by atoms with van der Waals surface area (Å²) >= 11 is 0. The Morgan fingerprint density at radius 2 is 1.73 bits per heavy atom. The van der Waals surface area contributed by atoms with Gasteiger partial charge in [0, 0.05) is 5.69 Å². The van der Waals surface area contributed by atoms with Crippen LogP contribution in [0.2, 0.25) is 0 Å². The fraction of sp³-hybridized carbons (Fsp3) is 0.235. The molecule has 1 unspecified atom stereocenters. The lowest BCUT2D eigenvalue weighted by molar-refractivity contribution is 0.230. The minimum absolute atomic E-state index is 0.0791. The summed E-state index contributed by atoms with van der Waals surface area (Å²) in [5, 5.41) is 3.03. The van der Waals surface area contributed by atoms with Gasteiger partial charge < -0.3 is 20.5 Å². The third-order valence-corrected chi connectivity index (χ3v) is 2.96. The predicted octanol–water partition coefficient (Wildman–Crippen LogP) is 2.89. The molecule has 0 aliphatic carbocycles. The summed E-state index contributed by atoms with van der Waals surface area (Å²) in [5.41, 5.74) is 6.76. The third-order valence-electron chi connectivity index (χ3n) is 2.96. The van der Waals surface area contributed by atoms with E-state index in [2.05, 4.69) is 10.3 Å². The van der Waals surface area contributed by atoms with Crippen LogP contribution in [-0.4, -0.2) is 25.7 Å². The second-order valence-corrected chi connectivity index (χ2v) is 4.82. The zero-order chi connectivity index (χ0) is 15.8. The molecule has 0 aliphatic heterocycles. The molecule has 5 nitrogen and oxygen atoms in total. The van der Waals surface area contributed by atoms with Crippen LogP contribution in [0.4, 0.5) is 5.69 Å². The maximum Gasteiger partial charge on any atom is 0.193 e. The highest BCUT2D eigenvalue weighted by molar-refractivity contribution is 5.92. The van der Waals surface area contributed by atoms with Gasteiger partial charge in [0.15, 0.2) is 5.96 Å². The number of nitrogens with two attached hydrogens (primary N) is 1. The Morgan fingerprint density at radius 3 is 2.36 bits per heavy atom. The van der Waals surface area contributed by atoms with Gasteiger partial charge in [0.1, 0.15) is 17.6 Å². The number of anilines is 1. The van der Waals surface area contributed by atoms with Crippen molar-refractivity contribution in [3.05, 3.63) is 54.6 Å². The molecule has 0 heterocycles. The Balaban J connectivity index is 1.83. The van der Waals surface area contributed by atoms with Crippen LogP contribution in [-0.2, 0) is 0 Å². The van der Waals surface area contributed by atoms with Crippen molar-refractivity contribution in [2.45, 2.75) is 13.0 Å². The van der Waals surface area contributed by atoms with Crippen molar-refractivity contribution in [2.24, 2.45) is 10.7 Å². The van der Waals surface area contributed by atoms with Crippen molar-refractivity contribution in [2.75, 3.05) is 19.0 Å². The molecule has 22 heavy (non-hydrogen) atoms. The first-order chi connectivity index (χ1) is 10.7. The average molecular weight is 299 g/mol. The number of hydrogen-bond acceptors (Lipinski definition) is 3. The third kappa shape index (κ3) is 5.01. The Kier molecular flexibility index (Phi) is 5.65. The van der Waals surface area contributed by atoms with Crippen LogP contribution in [0.3, 0.4) is 0 Å². The van der Waals surface area contributed by atoms with E-state index in [1.54, 1.807) is 7.11 Å². The van der Waals surface area contributed by atoms with Crippen LogP contribution in [0.5, 0.6) is 11.5 Å². The van der Waals surface area contributed by atoms with Gasteiger partial charge in [-0.2, -0.15) is 0 Å². The molecule has 5 heteroatoms. The van der Waals surface area contributed by atoms with Crippen LogP contribution in [0, 0.1) is 0 Å². The van der Waals surface area contributed by atoms with Crippen molar-refractivity contribution < 1.29 is 9.47 Å². The smallest absolute Gasteiger partial charge is 0.193 e. The van der Waals surface area contributed by atoms with Gasteiger partial charge in [-0.25, -0.2) is 4.99 Å². The van der Waals surface area contributed by atoms with Gasteiger partial charge in [-0.1, -0.05) is 18.2 Å². The first-order valence-corrected chi connectivity index (χ1v) is 7.10. The first kappa shape index (κ1) is 15.7. The number of nitrogens with zero attached hydrogens (tertiary/aromatic N) is 1. The number of aliphatic imine (C=N–C) groups is 1. The van der Waals surface area contributed by atoms with Gasteiger partial charge in [-0.05, 0) is 43.3 Å². The van der Waals surface area contributed by atoms with Gasteiger partial charge in [0.2, 0.25) is 0 Å². The maximum atomic E-state index is 5.85. The molecule has 0 aromatic heterocycles. The van der Waals surface area contributed by atoms with Gasteiger partial charge >= 0.3 is 0 Å². The molecule has 0 saturated heterocycles. The van der Waals surface area contributed by atoms with Crippen molar-refractivity contribution >= 4 is 11.6 Å². The molecular weight excluding hydrogens is 278 g/mol. The predicted molar refractivity (Wildman–Crippen MR) is 89.6 cm³/mol. The van der Waals surface area contributed by atoms with Gasteiger partial charge in [-0.3, -0.25) is 0 Å². The molecule has 116 valence electrons. The molecule has 0 saturated carbocycles. The van der Waals surface area contributed by atoms with Gasteiger partial charge in [0.25, 0.3) is 0 Å². The summed E-state index contributed by atoms with van der Waals surface area (Å²) in [6, 6.07) is 17.1. The van der Waals surface area contributed by atoms with Crippen molar-refractivity contribution in [1.29, 1.82) is 0 Å². The highest BCUT2D eigenvalue weighted by Crippen LogP contribution is 2.18. The van der Waals surface area contributed by atoms with E-state index in [9.17, 15) is 0 Å². The molecule has 0 aliphatic rings. The lowest BCUT2D eigenvalue weighted by Gasteiger charge is -2.13. The molecule has 2 rings (SSSR count). The van der Waals surface area contributed by atoms with E-state index >= 15 is 0 Å². The minimum Gasteiger partial charge on any atom is -0.497 e. The zero-order valence-corrected chi connectivity index (χ0v) is 12.8. The summed E-state index contributed by atoms with van der Waals surface area (Å²) in [7, 11) is 1.63. The second kappa shape index (κ2) is 7.93. The molecule has 3 N–H and O–H groups in total. The Morgan fingerprint density at radius 1 is 1.09 bits per heavy atom. The molecule has 0 radical (unpaired) electrons. The monoisotopic (exact) mass is 299 g/mol. The molecule has 0 fully saturated rings. The molecule has 2 aromatic carbocycles. The van der Waals surface area contributed by atoms with Crippen molar-refractivity contribution in [1.82, 2.24) is 0 Å². The van der Waals surface area contributed by atoms with E-state index in [4.69, 9.17) is 15.2 Å². The SMILES string of the molecule is COc1ccc(OC(C)CN=C(N)Nc2ccccc2)cc1. The van der Waals surface area contributed by atoms with Crippen LogP contribution >= 0.6 is 0 Å². The van der Waals surface area contributed by atoms with Gasteiger partial charge in [-0.15, -0.1) is 0 Å². The quantitative estimate of drug-likeness (QED) is 0.635. The van der Waals surface area contributed by atoms with E-state index in [-0.39, 0.29) is 6.10 Å². The van der Waals surface area contributed by atoms with E-state index in [0.29, 0.717) is 12.5 Å². The number of guanidine groups is 1. The zero-order valence-electron chi connectivity index (χ0n) is 12.8. The molecule has 1 atom stereocenters. The average Bonchev–Trinajstić information content (AvgIpc) is 2.55. The van der Waals surface area contributed by atoms with E-state index in [1.165, 1.54) is 0 Å². The fourth-order valence-electron chi connectivity index (χ4n) is 1.86. The van der Waals surface area contributed by atoms with Crippen LogP contribution in [0.25, 0.3) is 0 Å². The van der Waals surface area contributed by atoms with E-state index < -0.39 is 0 Å². The standard InChI is InChI=1S/C17H21N3O2/c1-13(22-16-10-8-15(21-2)9-11-16)12-19-17(18)20-14-6-4-3-5-7-14/h3-11,13H,12H2,1-2H3,(H3,18,19,20). The highest BCUT2D eigenvalue weighted by atomic mass is 16.5. The largest absolute Gasteiger partial charge is 0.497 e. The second-order valence-electron chi connectivity index (χ2n) is 4.82. The van der Waals surface area contributed by atoms with Crippen LogP contribution < -0.4 is 20.5 Å². The summed E-state index contributed by atoms with van der Waals surface area (Å²) < 4.78 is 10.9. The van der Waals surface area contributed by atoms with Crippen LogP contribution in [0.15, 0.2) is 59.6 Å². The Hall–Kier alpha value is -2.69. The highest BCUT2D eigenvalue weighted by Gasteiger charge is 2.04. The van der Waals surface area contributed by atoms with E-state index in [1.807, 2.05) is 61.5 Å². The number of benzene rings is 2.